The second-order valence-electron chi connectivity index (χ2n) is 4.96. The minimum absolute atomic E-state index is 0.181. The van der Waals surface area contributed by atoms with Crippen LogP contribution >= 0.6 is 0 Å². The summed E-state index contributed by atoms with van der Waals surface area (Å²) in [5, 5.41) is 8.68. The molecule has 21 heavy (non-hydrogen) atoms. The Morgan fingerprint density at radius 1 is 1.33 bits per heavy atom. The van der Waals surface area contributed by atoms with Gasteiger partial charge in [-0.05, 0) is 0 Å². The maximum Gasteiger partial charge on any atom is 0.240 e. The van der Waals surface area contributed by atoms with Gasteiger partial charge in [-0.3, -0.25) is 14.5 Å². The van der Waals surface area contributed by atoms with E-state index in [4.69, 9.17) is 21.5 Å². The average molecular weight is 297 g/mol. The van der Waals surface area contributed by atoms with Crippen LogP contribution in [0.5, 0.6) is 0 Å². The molecule has 1 saturated heterocycles. The molecule has 0 aliphatic carbocycles. The van der Waals surface area contributed by atoms with Crippen molar-refractivity contribution in [2.24, 2.45) is 11.5 Å². The van der Waals surface area contributed by atoms with Gasteiger partial charge in [0.15, 0.2) is 0 Å². The van der Waals surface area contributed by atoms with Crippen molar-refractivity contribution < 1.29 is 14.3 Å². The first-order valence-electron chi connectivity index (χ1n) is 7.04. The van der Waals surface area contributed by atoms with Crippen LogP contribution in [0.3, 0.4) is 0 Å². The fraction of sp³-hybridized carbons (Fsp3) is 0.769. The Hall–Kier alpha value is -1.69. The fourth-order valence-corrected chi connectivity index (χ4v) is 2.14. The third-order valence-corrected chi connectivity index (χ3v) is 3.33. The summed E-state index contributed by atoms with van der Waals surface area (Å²) < 4.78 is 5.26. The molecule has 1 aliphatic rings. The summed E-state index contributed by atoms with van der Waals surface area (Å²) in [6.07, 6.45) is 0.0532. The van der Waals surface area contributed by atoms with E-state index < -0.39 is 11.9 Å². The van der Waals surface area contributed by atoms with Gasteiger partial charge in [0.1, 0.15) is 0 Å². The van der Waals surface area contributed by atoms with Gasteiger partial charge in [-0.2, -0.15) is 5.26 Å². The third kappa shape index (κ3) is 6.53. The summed E-state index contributed by atoms with van der Waals surface area (Å²) in [5.41, 5.74) is 10.7. The lowest BCUT2D eigenvalue weighted by Crippen LogP contribution is -2.49. The number of carbonyl (C=O) groups excluding carboxylic acids is 2. The van der Waals surface area contributed by atoms with Gasteiger partial charge in [0, 0.05) is 32.7 Å². The molecule has 1 fully saturated rings. The van der Waals surface area contributed by atoms with Gasteiger partial charge in [0.2, 0.25) is 11.8 Å². The SMILES string of the molecule is N#CCCN(CCN1CCOCC1)C(=O)C(N)CC(N)=O. The molecule has 0 aromatic heterocycles. The van der Waals surface area contributed by atoms with E-state index in [1.165, 1.54) is 4.90 Å². The Bertz CT molecular complexity index is 390. The molecule has 0 saturated carbocycles. The summed E-state index contributed by atoms with van der Waals surface area (Å²) in [6.45, 7) is 4.52. The number of amides is 2. The summed E-state index contributed by atoms with van der Waals surface area (Å²) in [5.74, 6) is -0.943. The molecule has 0 bridgehead atoms. The van der Waals surface area contributed by atoms with Crippen molar-refractivity contribution in [1.82, 2.24) is 9.80 Å². The van der Waals surface area contributed by atoms with Crippen molar-refractivity contribution in [2.75, 3.05) is 45.9 Å². The van der Waals surface area contributed by atoms with Gasteiger partial charge in [0.05, 0.1) is 38.2 Å². The molecule has 1 rings (SSSR count). The van der Waals surface area contributed by atoms with E-state index in [0.717, 1.165) is 13.1 Å². The van der Waals surface area contributed by atoms with E-state index in [1.54, 1.807) is 0 Å². The Labute approximate surface area is 124 Å². The Kier molecular flexibility index (Phi) is 7.68. The molecule has 1 unspecified atom stereocenters. The monoisotopic (exact) mass is 297 g/mol. The van der Waals surface area contributed by atoms with Gasteiger partial charge >= 0.3 is 0 Å². The molecule has 0 spiro atoms. The Morgan fingerprint density at radius 3 is 2.57 bits per heavy atom. The van der Waals surface area contributed by atoms with Gasteiger partial charge in [-0.1, -0.05) is 0 Å². The van der Waals surface area contributed by atoms with Gasteiger partial charge in [-0.15, -0.1) is 0 Å². The highest BCUT2D eigenvalue weighted by Gasteiger charge is 2.23. The molecule has 118 valence electrons. The molecule has 0 radical (unpaired) electrons. The number of nitrogens with two attached hydrogens (primary N) is 2. The minimum Gasteiger partial charge on any atom is -0.379 e. The summed E-state index contributed by atoms with van der Waals surface area (Å²) in [4.78, 5) is 26.8. The zero-order chi connectivity index (χ0) is 15.7. The normalized spacial score (nSPS) is 17.0. The molecular weight excluding hydrogens is 274 g/mol. The number of hydrogen-bond donors (Lipinski definition) is 2. The number of nitrogens with zero attached hydrogens (tertiary/aromatic N) is 3. The number of nitriles is 1. The first-order chi connectivity index (χ1) is 10.0. The van der Waals surface area contributed by atoms with Crippen LogP contribution in [0, 0.1) is 11.3 Å². The lowest BCUT2D eigenvalue weighted by Gasteiger charge is -2.30. The number of hydrogen-bond acceptors (Lipinski definition) is 6. The predicted octanol–water partition coefficient (Wildman–Crippen LogP) is -1.74. The largest absolute Gasteiger partial charge is 0.379 e. The van der Waals surface area contributed by atoms with Crippen molar-refractivity contribution in [3.05, 3.63) is 0 Å². The van der Waals surface area contributed by atoms with Crippen molar-refractivity contribution >= 4 is 11.8 Å². The molecular formula is C13H23N5O3. The molecule has 0 aromatic carbocycles. The van der Waals surface area contributed by atoms with Crippen LogP contribution in [-0.4, -0.2) is 73.6 Å². The van der Waals surface area contributed by atoms with Crippen LogP contribution in [0.1, 0.15) is 12.8 Å². The van der Waals surface area contributed by atoms with Crippen molar-refractivity contribution in [3.8, 4) is 6.07 Å². The van der Waals surface area contributed by atoms with Gasteiger partial charge in [0.25, 0.3) is 0 Å². The lowest BCUT2D eigenvalue weighted by molar-refractivity contribution is -0.135. The van der Waals surface area contributed by atoms with E-state index in [1.807, 2.05) is 6.07 Å². The van der Waals surface area contributed by atoms with Crippen LogP contribution in [-0.2, 0) is 14.3 Å². The second-order valence-corrected chi connectivity index (χ2v) is 4.96. The number of rotatable bonds is 8. The molecule has 1 aliphatic heterocycles. The van der Waals surface area contributed by atoms with Crippen LogP contribution in [0.15, 0.2) is 0 Å². The molecule has 1 heterocycles. The fourth-order valence-electron chi connectivity index (χ4n) is 2.14. The van der Waals surface area contributed by atoms with E-state index in [-0.39, 0.29) is 18.7 Å². The second kappa shape index (κ2) is 9.28. The number of ether oxygens (including phenoxy) is 1. The molecule has 2 amide bonds. The van der Waals surface area contributed by atoms with Gasteiger partial charge in [-0.25, -0.2) is 0 Å². The molecule has 0 aromatic rings. The molecule has 1 atom stereocenters. The van der Waals surface area contributed by atoms with Crippen LogP contribution in [0.4, 0.5) is 0 Å². The Balaban J connectivity index is 2.50. The molecule has 8 nitrogen and oxygen atoms in total. The maximum absolute atomic E-state index is 12.2. The number of carbonyl (C=O) groups is 2. The van der Waals surface area contributed by atoms with Crippen LogP contribution < -0.4 is 11.5 Å². The maximum atomic E-state index is 12.2. The standard InChI is InChI=1S/C13H23N5O3/c14-2-1-3-18(13(20)11(15)10-12(16)19)5-4-17-6-8-21-9-7-17/h11H,1,3-10,15H2,(H2,16,19). The van der Waals surface area contributed by atoms with E-state index in [2.05, 4.69) is 4.90 Å². The first-order valence-corrected chi connectivity index (χ1v) is 7.04. The quantitative estimate of drug-likeness (QED) is 0.548. The lowest BCUT2D eigenvalue weighted by atomic mass is 10.1. The van der Waals surface area contributed by atoms with Crippen LogP contribution in [0.25, 0.3) is 0 Å². The topological polar surface area (TPSA) is 126 Å². The highest BCUT2D eigenvalue weighted by molar-refractivity contribution is 5.87. The van der Waals surface area contributed by atoms with Crippen molar-refractivity contribution in [3.63, 3.8) is 0 Å². The predicted molar refractivity (Wildman–Crippen MR) is 75.9 cm³/mol. The first kappa shape index (κ1) is 17.4. The van der Waals surface area contributed by atoms with E-state index >= 15 is 0 Å². The highest BCUT2D eigenvalue weighted by Crippen LogP contribution is 2.02. The zero-order valence-corrected chi connectivity index (χ0v) is 12.2. The number of primary amides is 1. The van der Waals surface area contributed by atoms with Crippen molar-refractivity contribution in [1.29, 1.82) is 5.26 Å². The summed E-state index contributed by atoms with van der Waals surface area (Å²) in [6, 6.07) is 1.07. The molecule has 4 N–H and O–H groups in total. The zero-order valence-electron chi connectivity index (χ0n) is 12.2. The highest BCUT2D eigenvalue weighted by atomic mass is 16.5. The Morgan fingerprint density at radius 2 is 2.00 bits per heavy atom. The van der Waals surface area contributed by atoms with Crippen molar-refractivity contribution in [2.45, 2.75) is 18.9 Å². The third-order valence-electron chi connectivity index (χ3n) is 3.33. The van der Waals surface area contributed by atoms with E-state index in [0.29, 0.717) is 32.8 Å². The summed E-state index contributed by atoms with van der Waals surface area (Å²) in [7, 11) is 0. The van der Waals surface area contributed by atoms with E-state index in [9.17, 15) is 9.59 Å². The molecule has 8 heteroatoms. The number of morpholine rings is 1. The minimum atomic E-state index is -0.939. The average Bonchev–Trinajstić information content (AvgIpc) is 2.47. The van der Waals surface area contributed by atoms with Gasteiger partial charge < -0.3 is 21.1 Å². The summed E-state index contributed by atoms with van der Waals surface area (Å²) >= 11 is 0. The smallest absolute Gasteiger partial charge is 0.240 e. The van der Waals surface area contributed by atoms with Crippen LogP contribution in [0.2, 0.25) is 0 Å².